The average molecular weight is 409 g/mol. The highest BCUT2D eigenvalue weighted by atomic mass is 79.9. The van der Waals surface area contributed by atoms with Gasteiger partial charge in [0.1, 0.15) is 17.2 Å². The zero-order chi connectivity index (χ0) is 18.2. The van der Waals surface area contributed by atoms with Gasteiger partial charge in [0, 0.05) is 10.5 Å². The van der Waals surface area contributed by atoms with Crippen molar-refractivity contribution < 1.29 is 28.5 Å². The molecule has 0 saturated heterocycles. The van der Waals surface area contributed by atoms with E-state index in [1.807, 2.05) is 6.07 Å². The van der Waals surface area contributed by atoms with E-state index in [1.165, 1.54) is 14.2 Å². The Morgan fingerprint density at radius 3 is 2.44 bits per heavy atom. The maximum absolute atomic E-state index is 12.2. The van der Waals surface area contributed by atoms with Gasteiger partial charge in [0.2, 0.25) is 5.78 Å². The Balaban J connectivity index is 1.88. The van der Waals surface area contributed by atoms with Crippen LogP contribution < -0.4 is 14.2 Å². The predicted octanol–water partition coefficient (Wildman–Crippen LogP) is 3.27. The van der Waals surface area contributed by atoms with Gasteiger partial charge in [-0.15, -0.1) is 0 Å². The quantitative estimate of drug-likeness (QED) is 0.493. The number of hydrogen-bond donors (Lipinski definition) is 0. The number of carbonyl (C=O) groups excluding carboxylic acids is 2. The molecule has 2 aromatic carbocycles. The summed E-state index contributed by atoms with van der Waals surface area (Å²) in [4.78, 5) is 23.9. The van der Waals surface area contributed by atoms with Crippen LogP contribution in [0.2, 0.25) is 0 Å². The highest BCUT2D eigenvalue weighted by Crippen LogP contribution is 2.25. The van der Waals surface area contributed by atoms with Gasteiger partial charge in [0.25, 0.3) is 0 Å². The number of rotatable bonds is 8. The molecular formula is C18H17BrO6. The minimum Gasteiger partial charge on any atom is -0.497 e. The van der Waals surface area contributed by atoms with Crippen molar-refractivity contribution in [3.05, 3.63) is 52.5 Å². The third-order valence-electron chi connectivity index (χ3n) is 3.23. The van der Waals surface area contributed by atoms with E-state index >= 15 is 0 Å². The molecule has 0 saturated carbocycles. The number of benzene rings is 2. The molecule has 2 rings (SSSR count). The summed E-state index contributed by atoms with van der Waals surface area (Å²) in [6, 6.07) is 11.8. The molecule has 0 heterocycles. The minimum absolute atomic E-state index is 0.288. The van der Waals surface area contributed by atoms with Crippen LogP contribution in [0.5, 0.6) is 17.2 Å². The van der Waals surface area contributed by atoms with Gasteiger partial charge in [-0.3, -0.25) is 4.79 Å². The summed E-state index contributed by atoms with van der Waals surface area (Å²) >= 11 is 3.31. The summed E-state index contributed by atoms with van der Waals surface area (Å²) in [6.45, 7) is -0.688. The Kier molecular flexibility index (Phi) is 6.82. The van der Waals surface area contributed by atoms with E-state index in [-0.39, 0.29) is 12.4 Å². The maximum Gasteiger partial charge on any atom is 0.344 e. The fraction of sp³-hybridized carbons (Fsp3) is 0.222. The van der Waals surface area contributed by atoms with Gasteiger partial charge in [0.05, 0.1) is 19.8 Å². The van der Waals surface area contributed by atoms with E-state index in [0.717, 1.165) is 4.47 Å². The largest absolute Gasteiger partial charge is 0.497 e. The van der Waals surface area contributed by atoms with Crippen LogP contribution in [0.3, 0.4) is 0 Å². The standard InChI is InChI=1S/C18H17BrO6/c1-22-13-6-7-15(17(9-13)23-2)16(20)10-25-18(21)11-24-14-5-3-4-12(19)8-14/h3-9H,10-11H2,1-2H3. The molecule has 0 radical (unpaired) electrons. The number of hydrogen-bond acceptors (Lipinski definition) is 6. The summed E-state index contributed by atoms with van der Waals surface area (Å²) in [6.07, 6.45) is 0. The monoisotopic (exact) mass is 408 g/mol. The lowest BCUT2D eigenvalue weighted by molar-refractivity contribution is -0.144. The number of Topliss-reactive ketones (excluding diaryl/α,β-unsaturated/α-hetero) is 1. The van der Waals surface area contributed by atoms with Gasteiger partial charge in [0.15, 0.2) is 13.2 Å². The number of carbonyl (C=O) groups is 2. The molecule has 0 fully saturated rings. The lowest BCUT2D eigenvalue weighted by Gasteiger charge is -2.10. The second-order valence-electron chi connectivity index (χ2n) is 4.90. The first-order chi connectivity index (χ1) is 12.0. The molecule has 132 valence electrons. The van der Waals surface area contributed by atoms with Crippen molar-refractivity contribution in [1.82, 2.24) is 0 Å². The van der Waals surface area contributed by atoms with Crippen molar-refractivity contribution in [2.24, 2.45) is 0 Å². The van der Waals surface area contributed by atoms with Gasteiger partial charge in [-0.2, -0.15) is 0 Å². The van der Waals surface area contributed by atoms with Crippen molar-refractivity contribution in [3.8, 4) is 17.2 Å². The van der Waals surface area contributed by atoms with Gasteiger partial charge < -0.3 is 18.9 Å². The molecule has 0 atom stereocenters. The van der Waals surface area contributed by atoms with Crippen molar-refractivity contribution in [2.75, 3.05) is 27.4 Å². The zero-order valence-electron chi connectivity index (χ0n) is 13.8. The van der Waals surface area contributed by atoms with Crippen LogP contribution in [0.1, 0.15) is 10.4 Å². The molecule has 25 heavy (non-hydrogen) atoms. The van der Waals surface area contributed by atoms with Crippen molar-refractivity contribution in [3.63, 3.8) is 0 Å². The fourth-order valence-corrected chi connectivity index (χ4v) is 2.37. The smallest absolute Gasteiger partial charge is 0.344 e. The van der Waals surface area contributed by atoms with Gasteiger partial charge >= 0.3 is 5.97 Å². The first-order valence-corrected chi connectivity index (χ1v) is 8.12. The van der Waals surface area contributed by atoms with Crippen molar-refractivity contribution in [2.45, 2.75) is 0 Å². The number of ketones is 1. The van der Waals surface area contributed by atoms with Crippen molar-refractivity contribution in [1.29, 1.82) is 0 Å². The first-order valence-electron chi connectivity index (χ1n) is 7.32. The second-order valence-corrected chi connectivity index (χ2v) is 5.81. The molecule has 0 aromatic heterocycles. The summed E-state index contributed by atoms with van der Waals surface area (Å²) in [5.41, 5.74) is 0.309. The van der Waals surface area contributed by atoms with E-state index in [0.29, 0.717) is 22.8 Å². The van der Waals surface area contributed by atoms with Crippen LogP contribution in [0.25, 0.3) is 0 Å². The lowest BCUT2D eigenvalue weighted by Crippen LogP contribution is -2.19. The van der Waals surface area contributed by atoms with Crippen LogP contribution in [-0.4, -0.2) is 39.2 Å². The van der Waals surface area contributed by atoms with Gasteiger partial charge in [-0.1, -0.05) is 22.0 Å². The Bertz CT molecular complexity index is 759. The number of ether oxygens (including phenoxy) is 4. The predicted molar refractivity (Wildman–Crippen MR) is 94.5 cm³/mol. The Hall–Kier alpha value is -2.54. The SMILES string of the molecule is COc1ccc(C(=O)COC(=O)COc2cccc(Br)c2)c(OC)c1. The van der Waals surface area contributed by atoms with Gasteiger partial charge in [-0.25, -0.2) is 4.79 Å². The maximum atomic E-state index is 12.2. The molecule has 0 amide bonds. The van der Waals surface area contributed by atoms with Gasteiger partial charge in [-0.05, 0) is 30.3 Å². The first kappa shape index (κ1) is 18.8. The number of methoxy groups -OCH3 is 2. The second kappa shape index (κ2) is 9.08. The molecule has 0 bridgehead atoms. The highest BCUT2D eigenvalue weighted by Gasteiger charge is 2.16. The van der Waals surface area contributed by atoms with Crippen molar-refractivity contribution >= 4 is 27.7 Å². The van der Waals surface area contributed by atoms with Crippen LogP contribution in [0.4, 0.5) is 0 Å². The summed E-state index contributed by atoms with van der Waals surface area (Å²) < 4.78 is 21.3. The van der Waals surface area contributed by atoms with E-state index in [9.17, 15) is 9.59 Å². The molecule has 6 nitrogen and oxygen atoms in total. The molecule has 0 aliphatic heterocycles. The van der Waals surface area contributed by atoms with Crippen LogP contribution in [-0.2, 0) is 9.53 Å². The van der Waals surface area contributed by atoms with Crippen LogP contribution in [0.15, 0.2) is 46.9 Å². The van der Waals surface area contributed by atoms with Crippen LogP contribution >= 0.6 is 15.9 Å². The van der Waals surface area contributed by atoms with E-state index < -0.39 is 12.6 Å². The normalized spacial score (nSPS) is 10.0. The number of halogens is 1. The Morgan fingerprint density at radius 2 is 1.76 bits per heavy atom. The average Bonchev–Trinajstić information content (AvgIpc) is 2.63. The minimum atomic E-state index is -0.638. The topological polar surface area (TPSA) is 71.1 Å². The Labute approximate surface area is 153 Å². The molecule has 0 aliphatic carbocycles. The van der Waals surface area contributed by atoms with Crippen LogP contribution in [0, 0.1) is 0 Å². The Morgan fingerprint density at radius 1 is 0.960 bits per heavy atom. The third-order valence-corrected chi connectivity index (χ3v) is 3.72. The summed E-state index contributed by atoms with van der Waals surface area (Å²) in [5.74, 6) is 0.421. The van der Waals surface area contributed by atoms with E-state index in [4.69, 9.17) is 18.9 Å². The molecule has 0 N–H and O–H groups in total. The molecule has 0 aliphatic rings. The lowest BCUT2D eigenvalue weighted by atomic mass is 10.1. The summed E-state index contributed by atoms with van der Waals surface area (Å²) in [5, 5.41) is 0. The molecule has 0 unspecified atom stereocenters. The molecule has 2 aromatic rings. The molecular weight excluding hydrogens is 392 g/mol. The number of esters is 1. The molecule has 7 heteroatoms. The third kappa shape index (κ3) is 5.49. The summed E-state index contributed by atoms with van der Waals surface area (Å²) in [7, 11) is 2.96. The fourth-order valence-electron chi connectivity index (χ4n) is 1.99. The zero-order valence-corrected chi connectivity index (χ0v) is 15.4. The molecule has 0 spiro atoms. The highest BCUT2D eigenvalue weighted by molar-refractivity contribution is 9.10. The van der Waals surface area contributed by atoms with E-state index in [2.05, 4.69) is 15.9 Å². The van der Waals surface area contributed by atoms with E-state index in [1.54, 1.807) is 36.4 Å².